The van der Waals surface area contributed by atoms with Crippen molar-refractivity contribution in [1.82, 2.24) is 4.98 Å². The molecule has 0 amide bonds. The maximum absolute atomic E-state index is 12.0. The third-order valence-electron chi connectivity index (χ3n) is 2.83. The van der Waals surface area contributed by atoms with E-state index in [1.807, 2.05) is 6.07 Å². The Labute approximate surface area is 125 Å². The van der Waals surface area contributed by atoms with Gasteiger partial charge in [-0.1, -0.05) is 18.2 Å². The van der Waals surface area contributed by atoms with Gasteiger partial charge in [0.05, 0.1) is 6.10 Å². The Bertz CT molecular complexity index is 657. The van der Waals surface area contributed by atoms with Crippen molar-refractivity contribution in [2.75, 3.05) is 11.9 Å². The van der Waals surface area contributed by atoms with Crippen LogP contribution in [-0.2, 0) is 0 Å². The summed E-state index contributed by atoms with van der Waals surface area (Å²) >= 11 is 0. The quantitative estimate of drug-likeness (QED) is 0.858. The molecule has 1 atom stereocenters. The van der Waals surface area contributed by atoms with Crippen molar-refractivity contribution in [2.24, 2.45) is 0 Å². The first-order valence-electron chi connectivity index (χ1n) is 6.42. The summed E-state index contributed by atoms with van der Waals surface area (Å²) in [6, 6.07) is 12.6. The van der Waals surface area contributed by atoms with Gasteiger partial charge < -0.3 is 15.2 Å². The molecule has 0 aliphatic rings. The summed E-state index contributed by atoms with van der Waals surface area (Å²) in [5, 5.41) is 21.7. The summed E-state index contributed by atoms with van der Waals surface area (Å²) in [7, 11) is 0. The average Bonchev–Trinajstić information content (AvgIpc) is 2.53. The molecule has 7 heteroatoms. The smallest absolute Gasteiger partial charge is 0.387 e. The molecular formula is C15H13F2N3O2. The van der Waals surface area contributed by atoms with E-state index >= 15 is 0 Å². The van der Waals surface area contributed by atoms with Gasteiger partial charge in [-0.25, -0.2) is 4.98 Å². The molecule has 1 aromatic heterocycles. The average molecular weight is 305 g/mol. The first-order chi connectivity index (χ1) is 10.6. The Hall–Kier alpha value is -2.72. The van der Waals surface area contributed by atoms with Gasteiger partial charge in [0.15, 0.2) is 0 Å². The number of benzene rings is 1. The maximum atomic E-state index is 12.0. The molecule has 2 rings (SSSR count). The monoisotopic (exact) mass is 305 g/mol. The van der Waals surface area contributed by atoms with E-state index in [0.717, 1.165) is 0 Å². The molecule has 0 aliphatic heterocycles. The number of aliphatic hydroxyl groups excluding tert-OH is 1. The van der Waals surface area contributed by atoms with Crippen molar-refractivity contribution in [2.45, 2.75) is 12.7 Å². The number of rotatable bonds is 6. The second-order valence-corrected chi connectivity index (χ2v) is 4.36. The number of hydrogen-bond acceptors (Lipinski definition) is 5. The van der Waals surface area contributed by atoms with E-state index in [0.29, 0.717) is 11.4 Å². The van der Waals surface area contributed by atoms with Gasteiger partial charge in [0.25, 0.3) is 0 Å². The van der Waals surface area contributed by atoms with Crippen LogP contribution >= 0.6 is 0 Å². The lowest BCUT2D eigenvalue weighted by atomic mass is 10.1. The van der Waals surface area contributed by atoms with Crippen molar-refractivity contribution in [3.63, 3.8) is 0 Å². The molecule has 1 aromatic carbocycles. The van der Waals surface area contributed by atoms with Crippen LogP contribution < -0.4 is 10.1 Å². The largest absolute Gasteiger partial charge is 0.435 e. The Kier molecular flexibility index (Phi) is 5.22. The number of nitrogens with zero attached hydrogens (tertiary/aromatic N) is 2. The van der Waals surface area contributed by atoms with Crippen LogP contribution in [0, 0.1) is 11.3 Å². The van der Waals surface area contributed by atoms with Crippen molar-refractivity contribution >= 4 is 5.82 Å². The lowest BCUT2D eigenvalue weighted by molar-refractivity contribution is -0.0498. The molecule has 0 saturated heterocycles. The fourth-order valence-electron chi connectivity index (χ4n) is 1.79. The highest BCUT2D eigenvalue weighted by Gasteiger charge is 2.09. The molecule has 1 heterocycles. The number of halogens is 2. The highest BCUT2D eigenvalue weighted by molar-refractivity contribution is 5.39. The van der Waals surface area contributed by atoms with Gasteiger partial charge in [0.2, 0.25) is 0 Å². The Morgan fingerprint density at radius 1 is 1.23 bits per heavy atom. The number of aliphatic hydroxyl groups is 1. The zero-order valence-electron chi connectivity index (χ0n) is 11.4. The molecule has 0 spiro atoms. The Balaban J connectivity index is 1.94. The number of nitriles is 1. The molecule has 5 nitrogen and oxygen atoms in total. The SMILES string of the molecule is N#Cc1cccc(NCC(O)c2ccc(OC(F)F)cc2)n1. The van der Waals surface area contributed by atoms with Crippen LogP contribution in [0.4, 0.5) is 14.6 Å². The standard InChI is InChI=1S/C15H13F2N3O2/c16-15(17)22-12-6-4-10(5-7-12)13(21)9-19-14-3-1-2-11(8-18)20-14/h1-7,13,15,21H,9H2,(H,19,20). The number of pyridine rings is 1. The molecule has 0 fully saturated rings. The van der Waals surface area contributed by atoms with E-state index in [1.54, 1.807) is 18.2 Å². The predicted octanol–water partition coefficient (Wildman–Crippen LogP) is 2.70. The summed E-state index contributed by atoms with van der Waals surface area (Å²) in [4.78, 5) is 4.02. The zero-order chi connectivity index (χ0) is 15.9. The summed E-state index contributed by atoms with van der Waals surface area (Å²) in [6.07, 6.45) is -0.854. The summed E-state index contributed by atoms with van der Waals surface area (Å²) in [5.41, 5.74) is 0.818. The Morgan fingerprint density at radius 3 is 2.59 bits per heavy atom. The topological polar surface area (TPSA) is 78.2 Å². The molecular weight excluding hydrogens is 292 g/mol. The fraction of sp³-hybridized carbons (Fsp3) is 0.200. The van der Waals surface area contributed by atoms with E-state index in [1.165, 1.54) is 24.3 Å². The molecule has 2 N–H and O–H groups in total. The van der Waals surface area contributed by atoms with Crippen LogP contribution in [0.25, 0.3) is 0 Å². The normalized spacial score (nSPS) is 11.8. The molecule has 0 bridgehead atoms. The zero-order valence-corrected chi connectivity index (χ0v) is 11.4. The number of aromatic nitrogens is 1. The lowest BCUT2D eigenvalue weighted by Gasteiger charge is -2.13. The van der Waals surface area contributed by atoms with Crippen LogP contribution in [0.2, 0.25) is 0 Å². The van der Waals surface area contributed by atoms with E-state index in [2.05, 4.69) is 15.0 Å². The molecule has 114 valence electrons. The molecule has 22 heavy (non-hydrogen) atoms. The minimum absolute atomic E-state index is 0.0299. The highest BCUT2D eigenvalue weighted by Crippen LogP contribution is 2.19. The highest BCUT2D eigenvalue weighted by atomic mass is 19.3. The van der Waals surface area contributed by atoms with Crippen LogP contribution in [0.3, 0.4) is 0 Å². The van der Waals surface area contributed by atoms with Gasteiger partial charge in [-0.05, 0) is 29.8 Å². The fourth-order valence-corrected chi connectivity index (χ4v) is 1.79. The van der Waals surface area contributed by atoms with Crippen LogP contribution in [0.15, 0.2) is 42.5 Å². The molecule has 0 saturated carbocycles. The second kappa shape index (κ2) is 7.33. The van der Waals surface area contributed by atoms with Gasteiger partial charge in [-0.15, -0.1) is 0 Å². The molecule has 0 aliphatic carbocycles. The summed E-state index contributed by atoms with van der Waals surface area (Å²) in [6.45, 7) is -2.72. The van der Waals surface area contributed by atoms with Crippen molar-refractivity contribution < 1.29 is 18.6 Å². The van der Waals surface area contributed by atoms with Crippen molar-refractivity contribution in [3.05, 3.63) is 53.7 Å². The van der Waals surface area contributed by atoms with E-state index in [-0.39, 0.29) is 18.0 Å². The van der Waals surface area contributed by atoms with E-state index in [4.69, 9.17) is 5.26 Å². The molecule has 1 unspecified atom stereocenters. The van der Waals surface area contributed by atoms with Gasteiger partial charge >= 0.3 is 6.61 Å². The van der Waals surface area contributed by atoms with Crippen LogP contribution in [0.1, 0.15) is 17.4 Å². The first kappa shape index (κ1) is 15.7. The van der Waals surface area contributed by atoms with Crippen LogP contribution in [0.5, 0.6) is 5.75 Å². The number of ether oxygens (including phenoxy) is 1. The summed E-state index contributed by atoms with van der Waals surface area (Å²) < 4.78 is 28.3. The van der Waals surface area contributed by atoms with E-state index < -0.39 is 12.7 Å². The summed E-state index contributed by atoms with van der Waals surface area (Å²) in [5.74, 6) is 0.498. The second-order valence-electron chi connectivity index (χ2n) is 4.36. The van der Waals surface area contributed by atoms with Crippen molar-refractivity contribution in [3.8, 4) is 11.8 Å². The Morgan fingerprint density at radius 2 is 1.95 bits per heavy atom. The van der Waals surface area contributed by atoms with E-state index in [9.17, 15) is 13.9 Å². The number of nitrogens with one attached hydrogen (secondary N) is 1. The first-order valence-corrected chi connectivity index (χ1v) is 6.42. The number of anilines is 1. The number of hydrogen-bond donors (Lipinski definition) is 2. The minimum atomic E-state index is -2.88. The van der Waals surface area contributed by atoms with Gasteiger partial charge in [0.1, 0.15) is 23.3 Å². The molecule has 2 aromatic rings. The third kappa shape index (κ3) is 4.40. The van der Waals surface area contributed by atoms with Gasteiger partial charge in [-0.2, -0.15) is 14.0 Å². The van der Waals surface area contributed by atoms with Crippen molar-refractivity contribution in [1.29, 1.82) is 5.26 Å². The minimum Gasteiger partial charge on any atom is -0.435 e. The number of alkyl halides is 2. The lowest BCUT2D eigenvalue weighted by Crippen LogP contribution is -2.13. The van der Waals surface area contributed by atoms with Gasteiger partial charge in [0, 0.05) is 6.54 Å². The molecule has 0 radical (unpaired) electrons. The maximum Gasteiger partial charge on any atom is 0.387 e. The third-order valence-corrected chi connectivity index (χ3v) is 2.83. The van der Waals surface area contributed by atoms with Crippen LogP contribution in [-0.4, -0.2) is 23.2 Å². The predicted molar refractivity (Wildman–Crippen MR) is 75.5 cm³/mol. The van der Waals surface area contributed by atoms with Gasteiger partial charge in [-0.3, -0.25) is 0 Å².